The standard InChI is InChI=1S/C23H14FI2NO2S2/c24-16-7-4-8-17(12-16)27-22(28)20(31-23(27)30)11-15-9-18(25)21(19(26)10-15)29-13-14-5-2-1-3-6-14/h1-12H,13H2/b20-11-. The van der Waals surface area contributed by atoms with Crippen LogP contribution in [0.25, 0.3) is 6.08 Å². The lowest BCUT2D eigenvalue weighted by Crippen LogP contribution is -2.27. The molecule has 1 saturated heterocycles. The van der Waals surface area contributed by atoms with Crippen LogP contribution < -0.4 is 9.64 Å². The third-order valence-corrected chi connectivity index (χ3v) is 7.31. The number of carbonyl (C=O) groups excluding carboxylic acids is 1. The Bertz CT molecular complexity index is 1180. The molecule has 8 heteroatoms. The summed E-state index contributed by atoms with van der Waals surface area (Å²) in [5, 5.41) is 0. The van der Waals surface area contributed by atoms with Gasteiger partial charge in [0.1, 0.15) is 18.2 Å². The van der Waals surface area contributed by atoms with Crippen LogP contribution in [0.5, 0.6) is 5.75 Å². The van der Waals surface area contributed by atoms with Gasteiger partial charge >= 0.3 is 0 Å². The van der Waals surface area contributed by atoms with Crippen LogP contribution >= 0.6 is 69.2 Å². The van der Waals surface area contributed by atoms with E-state index in [1.807, 2.05) is 48.5 Å². The second-order valence-corrected chi connectivity index (χ2v) is 10.6. The quantitative estimate of drug-likeness (QED) is 0.166. The van der Waals surface area contributed by atoms with Gasteiger partial charge < -0.3 is 4.74 Å². The van der Waals surface area contributed by atoms with E-state index in [1.54, 1.807) is 12.1 Å². The Morgan fingerprint density at radius 1 is 1.03 bits per heavy atom. The number of halogens is 3. The molecule has 1 fully saturated rings. The molecule has 1 aliphatic heterocycles. The first-order valence-electron chi connectivity index (χ1n) is 9.11. The minimum atomic E-state index is -0.411. The van der Waals surface area contributed by atoms with Gasteiger partial charge in [0.2, 0.25) is 0 Å². The molecule has 0 unspecified atom stereocenters. The zero-order chi connectivity index (χ0) is 22.0. The fourth-order valence-electron chi connectivity index (χ4n) is 2.99. The van der Waals surface area contributed by atoms with E-state index in [4.69, 9.17) is 17.0 Å². The Labute approximate surface area is 216 Å². The second-order valence-electron chi connectivity index (χ2n) is 6.58. The van der Waals surface area contributed by atoms with Gasteiger partial charge in [0.15, 0.2) is 4.32 Å². The molecule has 0 N–H and O–H groups in total. The summed E-state index contributed by atoms with van der Waals surface area (Å²) in [7, 11) is 0. The third kappa shape index (κ3) is 5.29. The van der Waals surface area contributed by atoms with Crippen LogP contribution in [0.2, 0.25) is 0 Å². The molecule has 1 aliphatic rings. The highest BCUT2D eigenvalue weighted by Crippen LogP contribution is 2.37. The number of amides is 1. The van der Waals surface area contributed by atoms with Crippen LogP contribution in [-0.4, -0.2) is 10.2 Å². The van der Waals surface area contributed by atoms with Crippen molar-refractivity contribution in [2.75, 3.05) is 4.90 Å². The molecule has 3 nitrogen and oxygen atoms in total. The average molecular weight is 673 g/mol. The minimum absolute atomic E-state index is 0.255. The molecule has 3 aromatic rings. The Morgan fingerprint density at radius 2 is 1.74 bits per heavy atom. The molecule has 0 aliphatic carbocycles. The van der Waals surface area contributed by atoms with Crippen molar-refractivity contribution in [2.24, 2.45) is 0 Å². The molecule has 0 aromatic heterocycles. The lowest BCUT2D eigenvalue weighted by molar-refractivity contribution is -0.113. The third-order valence-electron chi connectivity index (χ3n) is 4.40. The van der Waals surface area contributed by atoms with Gasteiger partial charge in [-0.05, 0) is 92.7 Å². The van der Waals surface area contributed by atoms with E-state index in [0.29, 0.717) is 21.5 Å². The van der Waals surface area contributed by atoms with Crippen molar-refractivity contribution in [3.8, 4) is 5.75 Å². The summed E-state index contributed by atoms with van der Waals surface area (Å²) in [4.78, 5) is 14.8. The van der Waals surface area contributed by atoms with E-state index < -0.39 is 5.82 Å². The van der Waals surface area contributed by atoms with Crippen LogP contribution in [0, 0.1) is 13.0 Å². The Morgan fingerprint density at radius 3 is 2.42 bits per heavy atom. The largest absolute Gasteiger partial charge is 0.487 e. The first-order chi connectivity index (χ1) is 14.9. The van der Waals surface area contributed by atoms with Crippen molar-refractivity contribution in [3.63, 3.8) is 0 Å². The summed E-state index contributed by atoms with van der Waals surface area (Å²) in [6.07, 6.45) is 1.81. The molecule has 0 radical (unpaired) electrons. The van der Waals surface area contributed by atoms with E-state index in [-0.39, 0.29) is 5.91 Å². The van der Waals surface area contributed by atoms with Crippen LogP contribution in [0.15, 0.2) is 71.6 Å². The molecule has 4 rings (SSSR count). The van der Waals surface area contributed by atoms with E-state index in [1.165, 1.54) is 28.8 Å². The molecule has 0 atom stereocenters. The molecule has 156 valence electrons. The number of benzene rings is 3. The van der Waals surface area contributed by atoms with Gasteiger partial charge in [-0.25, -0.2) is 4.39 Å². The lowest BCUT2D eigenvalue weighted by Gasteiger charge is -2.14. The highest BCUT2D eigenvalue weighted by molar-refractivity contribution is 14.1. The van der Waals surface area contributed by atoms with Crippen molar-refractivity contribution in [1.82, 2.24) is 0 Å². The van der Waals surface area contributed by atoms with Crippen molar-refractivity contribution < 1.29 is 13.9 Å². The SMILES string of the molecule is O=C1/C(=C/c2cc(I)c(OCc3ccccc3)c(I)c2)SC(=S)N1c1cccc(F)c1. The fourth-order valence-corrected chi connectivity index (χ4v) is 6.41. The molecule has 0 saturated carbocycles. The molecule has 31 heavy (non-hydrogen) atoms. The van der Waals surface area contributed by atoms with Gasteiger partial charge in [-0.1, -0.05) is 60.4 Å². The molecule has 0 bridgehead atoms. The van der Waals surface area contributed by atoms with Crippen molar-refractivity contribution >= 4 is 91.2 Å². The van der Waals surface area contributed by atoms with Gasteiger partial charge in [-0.3, -0.25) is 9.69 Å². The van der Waals surface area contributed by atoms with E-state index >= 15 is 0 Å². The van der Waals surface area contributed by atoms with Crippen LogP contribution in [0.1, 0.15) is 11.1 Å². The molecular formula is C23H14FI2NO2S2. The smallest absolute Gasteiger partial charge is 0.270 e. The topological polar surface area (TPSA) is 29.5 Å². The predicted octanol–water partition coefficient (Wildman–Crippen LogP) is 7.02. The lowest BCUT2D eigenvalue weighted by atomic mass is 10.2. The summed E-state index contributed by atoms with van der Waals surface area (Å²) in [6.45, 7) is 0.485. The summed E-state index contributed by atoms with van der Waals surface area (Å²) in [5.74, 6) is 0.148. The second kappa shape index (κ2) is 9.97. The maximum Gasteiger partial charge on any atom is 0.270 e. The Kier molecular flexibility index (Phi) is 7.29. The highest BCUT2D eigenvalue weighted by atomic mass is 127. The molecule has 3 aromatic carbocycles. The minimum Gasteiger partial charge on any atom is -0.487 e. The number of ether oxygens (including phenoxy) is 1. The van der Waals surface area contributed by atoms with Crippen LogP contribution in [-0.2, 0) is 11.4 Å². The monoisotopic (exact) mass is 673 g/mol. The van der Waals surface area contributed by atoms with Crippen molar-refractivity contribution in [3.05, 3.63) is 95.7 Å². The van der Waals surface area contributed by atoms with Gasteiger partial charge in [0.05, 0.1) is 17.7 Å². The number of carbonyl (C=O) groups is 1. The number of hydrogen-bond donors (Lipinski definition) is 0. The number of nitrogens with zero attached hydrogens (tertiary/aromatic N) is 1. The number of rotatable bonds is 5. The fraction of sp³-hybridized carbons (Fsp3) is 0.0435. The highest BCUT2D eigenvalue weighted by Gasteiger charge is 2.33. The van der Waals surface area contributed by atoms with Crippen molar-refractivity contribution in [2.45, 2.75) is 6.61 Å². The summed E-state index contributed by atoms with van der Waals surface area (Å²) >= 11 is 11.1. The number of thiocarbonyl (C=S) groups is 1. The van der Waals surface area contributed by atoms with Gasteiger partial charge in [0.25, 0.3) is 5.91 Å². The number of thioether (sulfide) groups is 1. The normalized spacial score (nSPS) is 15.1. The maximum absolute atomic E-state index is 13.6. The summed E-state index contributed by atoms with van der Waals surface area (Å²) in [6, 6.07) is 19.8. The summed E-state index contributed by atoms with van der Waals surface area (Å²) in [5.41, 5.74) is 2.40. The average Bonchev–Trinajstić information content (AvgIpc) is 3.01. The summed E-state index contributed by atoms with van der Waals surface area (Å²) < 4.78 is 21.9. The predicted molar refractivity (Wildman–Crippen MR) is 145 cm³/mol. The van der Waals surface area contributed by atoms with Crippen molar-refractivity contribution in [1.29, 1.82) is 0 Å². The zero-order valence-corrected chi connectivity index (χ0v) is 21.8. The molecule has 0 spiro atoms. The Hall–Kier alpha value is -1.50. The molecule has 1 heterocycles. The Balaban J connectivity index is 1.56. The number of hydrogen-bond acceptors (Lipinski definition) is 4. The van der Waals surface area contributed by atoms with Gasteiger partial charge in [0, 0.05) is 0 Å². The van der Waals surface area contributed by atoms with Crippen LogP contribution in [0.4, 0.5) is 10.1 Å². The first-order valence-corrected chi connectivity index (χ1v) is 12.5. The van der Waals surface area contributed by atoms with Crippen LogP contribution in [0.3, 0.4) is 0 Å². The van der Waals surface area contributed by atoms with E-state index in [0.717, 1.165) is 24.0 Å². The first kappa shape index (κ1) is 22.7. The van der Waals surface area contributed by atoms with E-state index in [9.17, 15) is 9.18 Å². The zero-order valence-electron chi connectivity index (χ0n) is 15.8. The maximum atomic E-state index is 13.6. The van der Waals surface area contributed by atoms with Gasteiger partial charge in [-0.15, -0.1) is 0 Å². The molecular weight excluding hydrogens is 659 g/mol. The van der Waals surface area contributed by atoms with Gasteiger partial charge in [-0.2, -0.15) is 0 Å². The number of anilines is 1. The van der Waals surface area contributed by atoms with E-state index in [2.05, 4.69) is 45.2 Å². The molecule has 1 amide bonds.